The molecule has 0 unspecified atom stereocenters. The van der Waals surface area contributed by atoms with Gasteiger partial charge in [-0.1, -0.05) is 30.3 Å². The Bertz CT molecular complexity index is 896. The second-order valence-corrected chi connectivity index (χ2v) is 5.54. The smallest absolute Gasteiger partial charge is 0.293 e. The fourth-order valence-electron chi connectivity index (χ4n) is 2.30. The van der Waals surface area contributed by atoms with Crippen LogP contribution in [0.15, 0.2) is 47.5 Å². The first kappa shape index (κ1) is 15.0. The molecular formula is C16H17N5O2. The lowest BCUT2D eigenvalue weighted by Crippen LogP contribution is -2.37. The molecule has 0 radical (unpaired) electrons. The highest BCUT2D eigenvalue weighted by Crippen LogP contribution is 2.17. The molecule has 7 heteroatoms. The molecule has 0 fully saturated rings. The zero-order valence-corrected chi connectivity index (χ0v) is 12.9. The van der Waals surface area contributed by atoms with Gasteiger partial charge in [0, 0.05) is 11.6 Å². The third-order valence-corrected chi connectivity index (χ3v) is 3.30. The molecule has 0 aliphatic rings. The van der Waals surface area contributed by atoms with E-state index < -0.39 is 0 Å². The third-order valence-electron chi connectivity index (χ3n) is 3.30. The van der Waals surface area contributed by atoms with Crippen molar-refractivity contribution < 1.29 is 4.79 Å². The second-order valence-electron chi connectivity index (χ2n) is 5.54. The number of carbonyl (C=O) groups excluding carboxylic acids is 1. The first-order valence-corrected chi connectivity index (χ1v) is 7.35. The van der Waals surface area contributed by atoms with Gasteiger partial charge in [0.2, 0.25) is 5.91 Å². The Hall–Kier alpha value is -2.96. The van der Waals surface area contributed by atoms with E-state index in [9.17, 15) is 9.59 Å². The Morgan fingerprint density at radius 1 is 1.26 bits per heavy atom. The van der Waals surface area contributed by atoms with Crippen LogP contribution in [-0.4, -0.2) is 31.3 Å². The van der Waals surface area contributed by atoms with Gasteiger partial charge in [-0.05, 0) is 19.9 Å². The van der Waals surface area contributed by atoms with Crippen molar-refractivity contribution in [2.45, 2.75) is 26.4 Å². The molecule has 1 aromatic carbocycles. The van der Waals surface area contributed by atoms with Gasteiger partial charge in [-0.2, -0.15) is 10.2 Å². The van der Waals surface area contributed by atoms with Gasteiger partial charge in [0.05, 0.1) is 5.69 Å². The van der Waals surface area contributed by atoms with E-state index in [-0.39, 0.29) is 24.1 Å². The van der Waals surface area contributed by atoms with Gasteiger partial charge in [-0.25, -0.2) is 9.20 Å². The zero-order chi connectivity index (χ0) is 16.4. The highest BCUT2D eigenvalue weighted by molar-refractivity contribution is 5.76. The molecule has 0 aliphatic heterocycles. The molecule has 0 saturated heterocycles. The second kappa shape index (κ2) is 6.04. The summed E-state index contributed by atoms with van der Waals surface area (Å²) in [5.74, 6) is -0.248. The van der Waals surface area contributed by atoms with Crippen LogP contribution in [0.5, 0.6) is 0 Å². The summed E-state index contributed by atoms with van der Waals surface area (Å²) in [4.78, 5) is 24.3. The maximum absolute atomic E-state index is 12.5. The molecule has 3 aromatic rings. The first-order valence-electron chi connectivity index (χ1n) is 7.35. The Balaban J connectivity index is 1.96. The Morgan fingerprint density at radius 2 is 2.00 bits per heavy atom. The number of nitrogens with one attached hydrogen (secondary N) is 1. The molecular weight excluding hydrogens is 294 g/mol. The van der Waals surface area contributed by atoms with Crippen LogP contribution in [-0.2, 0) is 11.3 Å². The standard InChI is InChI=1S/C16H17N5O2/c1-11(2)18-15(22)9-20-16(23)14-8-13(19-21(14)10-17-20)12-6-4-3-5-7-12/h3-8,10-11H,9H2,1-2H3,(H,18,22). The minimum absolute atomic E-state index is 0.0154. The molecule has 3 rings (SSSR count). The number of aromatic nitrogens is 4. The van der Waals surface area contributed by atoms with E-state index in [4.69, 9.17) is 0 Å². The number of hydrogen-bond donors (Lipinski definition) is 1. The van der Waals surface area contributed by atoms with Crippen molar-refractivity contribution in [1.29, 1.82) is 0 Å². The highest BCUT2D eigenvalue weighted by Gasteiger charge is 2.12. The van der Waals surface area contributed by atoms with Crippen LogP contribution >= 0.6 is 0 Å². The average molecular weight is 311 g/mol. The molecule has 0 atom stereocenters. The van der Waals surface area contributed by atoms with Gasteiger partial charge in [-0.15, -0.1) is 0 Å². The van der Waals surface area contributed by atoms with Crippen LogP contribution in [0.25, 0.3) is 16.8 Å². The lowest BCUT2D eigenvalue weighted by Gasteiger charge is -2.08. The van der Waals surface area contributed by atoms with Crippen molar-refractivity contribution in [1.82, 2.24) is 24.7 Å². The van der Waals surface area contributed by atoms with E-state index >= 15 is 0 Å². The molecule has 0 saturated carbocycles. The molecule has 0 aliphatic carbocycles. The van der Waals surface area contributed by atoms with Gasteiger partial charge in [0.25, 0.3) is 5.56 Å². The van der Waals surface area contributed by atoms with Crippen LogP contribution in [0.2, 0.25) is 0 Å². The summed E-state index contributed by atoms with van der Waals surface area (Å²) in [6.45, 7) is 3.61. The van der Waals surface area contributed by atoms with Crippen molar-refractivity contribution in [2.75, 3.05) is 0 Å². The fraction of sp³-hybridized carbons (Fsp3) is 0.250. The van der Waals surface area contributed by atoms with E-state index in [2.05, 4.69) is 15.5 Å². The highest BCUT2D eigenvalue weighted by atomic mass is 16.2. The van der Waals surface area contributed by atoms with Crippen LogP contribution in [0.4, 0.5) is 0 Å². The normalized spacial score (nSPS) is 11.1. The van der Waals surface area contributed by atoms with Crippen molar-refractivity contribution in [2.24, 2.45) is 0 Å². The van der Waals surface area contributed by atoms with Gasteiger partial charge in [-0.3, -0.25) is 9.59 Å². The largest absolute Gasteiger partial charge is 0.352 e. The van der Waals surface area contributed by atoms with E-state index in [1.807, 2.05) is 44.2 Å². The summed E-state index contributed by atoms with van der Waals surface area (Å²) in [7, 11) is 0. The SMILES string of the molecule is CC(C)NC(=O)Cn1ncn2nc(-c3ccccc3)cc2c1=O. The minimum atomic E-state index is -0.346. The number of fused-ring (bicyclic) bond motifs is 1. The van der Waals surface area contributed by atoms with Gasteiger partial charge in [0.15, 0.2) is 0 Å². The van der Waals surface area contributed by atoms with Crippen molar-refractivity contribution in [3.05, 3.63) is 53.1 Å². The monoisotopic (exact) mass is 311 g/mol. The summed E-state index contributed by atoms with van der Waals surface area (Å²) in [5.41, 5.74) is 1.64. The van der Waals surface area contributed by atoms with E-state index in [1.165, 1.54) is 10.8 Å². The van der Waals surface area contributed by atoms with E-state index in [0.717, 1.165) is 10.2 Å². The predicted octanol–water partition coefficient (Wildman–Crippen LogP) is 1.08. The van der Waals surface area contributed by atoms with Gasteiger partial charge < -0.3 is 5.32 Å². The van der Waals surface area contributed by atoms with Crippen molar-refractivity contribution >= 4 is 11.4 Å². The van der Waals surface area contributed by atoms with Crippen LogP contribution < -0.4 is 10.9 Å². The molecule has 0 bridgehead atoms. The summed E-state index contributed by atoms with van der Waals surface area (Å²) in [5, 5.41) is 11.1. The number of rotatable bonds is 4. The number of amides is 1. The molecule has 2 heterocycles. The van der Waals surface area contributed by atoms with Crippen molar-refractivity contribution in [3.8, 4) is 11.3 Å². The molecule has 0 spiro atoms. The van der Waals surface area contributed by atoms with Gasteiger partial charge in [0.1, 0.15) is 18.4 Å². The predicted molar refractivity (Wildman–Crippen MR) is 86.0 cm³/mol. The number of benzene rings is 1. The topological polar surface area (TPSA) is 81.3 Å². The third kappa shape index (κ3) is 3.13. The lowest BCUT2D eigenvalue weighted by atomic mass is 10.1. The van der Waals surface area contributed by atoms with Crippen LogP contribution in [0.1, 0.15) is 13.8 Å². The molecule has 1 amide bonds. The Labute approximate surface area is 132 Å². The molecule has 7 nitrogen and oxygen atoms in total. The molecule has 2 aromatic heterocycles. The first-order chi connectivity index (χ1) is 11.0. The summed E-state index contributed by atoms with van der Waals surface area (Å²) in [6.07, 6.45) is 1.44. The molecule has 23 heavy (non-hydrogen) atoms. The average Bonchev–Trinajstić information content (AvgIpc) is 2.95. The van der Waals surface area contributed by atoms with Crippen molar-refractivity contribution in [3.63, 3.8) is 0 Å². The zero-order valence-electron chi connectivity index (χ0n) is 12.9. The maximum Gasteiger partial charge on any atom is 0.293 e. The van der Waals surface area contributed by atoms with Crippen LogP contribution in [0.3, 0.4) is 0 Å². The fourth-order valence-corrected chi connectivity index (χ4v) is 2.30. The molecule has 1 N–H and O–H groups in total. The number of hydrogen-bond acceptors (Lipinski definition) is 4. The van der Waals surface area contributed by atoms with Crippen LogP contribution in [0, 0.1) is 0 Å². The Morgan fingerprint density at radius 3 is 2.70 bits per heavy atom. The number of nitrogens with zero attached hydrogens (tertiary/aromatic N) is 4. The summed E-state index contributed by atoms with van der Waals surface area (Å²) >= 11 is 0. The summed E-state index contributed by atoms with van der Waals surface area (Å²) in [6, 6.07) is 11.3. The quantitative estimate of drug-likeness (QED) is 0.782. The summed E-state index contributed by atoms with van der Waals surface area (Å²) < 4.78 is 2.57. The van der Waals surface area contributed by atoms with Gasteiger partial charge >= 0.3 is 0 Å². The maximum atomic E-state index is 12.5. The van der Waals surface area contributed by atoms with E-state index in [0.29, 0.717) is 11.2 Å². The Kier molecular flexibility index (Phi) is 3.92. The lowest BCUT2D eigenvalue weighted by molar-refractivity contribution is -0.122. The number of carbonyl (C=O) groups is 1. The molecule has 118 valence electrons. The minimum Gasteiger partial charge on any atom is -0.352 e. The van der Waals surface area contributed by atoms with E-state index in [1.54, 1.807) is 6.07 Å².